The van der Waals surface area contributed by atoms with E-state index in [0.717, 1.165) is 11.1 Å². The summed E-state index contributed by atoms with van der Waals surface area (Å²) in [5, 5.41) is 2.81. The van der Waals surface area contributed by atoms with Gasteiger partial charge in [-0.25, -0.2) is 8.42 Å². The van der Waals surface area contributed by atoms with E-state index >= 15 is 0 Å². The van der Waals surface area contributed by atoms with Crippen LogP contribution in [0.25, 0.3) is 0 Å². The first-order valence-corrected chi connectivity index (χ1v) is 12.6. The number of hydrogen-bond donors (Lipinski definition) is 1. The molecule has 2 aliphatic rings. The number of nitrogens with one attached hydrogen (secondary N) is 1. The Bertz CT molecular complexity index is 1130. The molecule has 1 unspecified atom stereocenters. The SMILES string of the molecule is Cc1ccc(CN2CC(C(=O)Nc3cccc(S(=O)(=O)N4CCN(C)CC4)c3)CC2=O)cc1. The van der Waals surface area contributed by atoms with Crippen LogP contribution in [0.4, 0.5) is 5.69 Å². The fourth-order valence-electron chi connectivity index (χ4n) is 4.17. The Labute approximate surface area is 195 Å². The van der Waals surface area contributed by atoms with Gasteiger partial charge in [-0.05, 0) is 37.7 Å². The summed E-state index contributed by atoms with van der Waals surface area (Å²) < 4.78 is 27.5. The van der Waals surface area contributed by atoms with Crippen LogP contribution in [-0.2, 0) is 26.2 Å². The Balaban J connectivity index is 1.39. The van der Waals surface area contributed by atoms with Gasteiger partial charge in [0.05, 0.1) is 10.8 Å². The maximum absolute atomic E-state index is 13.0. The van der Waals surface area contributed by atoms with E-state index in [-0.39, 0.29) is 23.1 Å². The summed E-state index contributed by atoms with van der Waals surface area (Å²) in [6.07, 6.45) is 0.150. The van der Waals surface area contributed by atoms with Gasteiger partial charge in [-0.15, -0.1) is 0 Å². The normalized spacial score (nSPS) is 20.2. The van der Waals surface area contributed by atoms with Gasteiger partial charge in [-0.1, -0.05) is 35.9 Å². The third-order valence-electron chi connectivity index (χ3n) is 6.28. The first kappa shape index (κ1) is 23.4. The number of piperazine rings is 1. The average Bonchev–Trinajstić information content (AvgIpc) is 3.16. The molecule has 2 amide bonds. The van der Waals surface area contributed by atoms with E-state index in [0.29, 0.717) is 45.0 Å². The van der Waals surface area contributed by atoms with Crippen LogP contribution in [0.2, 0.25) is 0 Å². The van der Waals surface area contributed by atoms with Crippen molar-refractivity contribution in [1.82, 2.24) is 14.1 Å². The second-order valence-corrected chi connectivity index (χ2v) is 10.8. The minimum Gasteiger partial charge on any atom is -0.338 e. The van der Waals surface area contributed by atoms with Gasteiger partial charge in [0.25, 0.3) is 0 Å². The van der Waals surface area contributed by atoms with Crippen LogP contribution in [0.1, 0.15) is 17.5 Å². The number of anilines is 1. The van der Waals surface area contributed by atoms with Crippen molar-refractivity contribution in [3.63, 3.8) is 0 Å². The molecule has 0 aliphatic carbocycles. The van der Waals surface area contributed by atoms with Gasteiger partial charge in [-0.2, -0.15) is 4.31 Å². The third-order valence-corrected chi connectivity index (χ3v) is 8.18. The molecule has 176 valence electrons. The molecule has 2 fully saturated rings. The molecule has 33 heavy (non-hydrogen) atoms. The first-order chi connectivity index (χ1) is 15.7. The van der Waals surface area contributed by atoms with Crippen LogP contribution in [0.15, 0.2) is 53.4 Å². The van der Waals surface area contributed by atoms with Crippen LogP contribution < -0.4 is 5.32 Å². The number of carbonyl (C=O) groups is 2. The largest absolute Gasteiger partial charge is 0.338 e. The number of likely N-dealkylation sites (N-methyl/N-ethyl adjacent to an activating group) is 1. The first-order valence-electron chi connectivity index (χ1n) is 11.2. The molecule has 0 saturated carbocycles. The van der Waals surface area contributed by atoms with Crippen molar-refractivity contribution in [3.8, 4) is 0 Å². The van der Waals surface area contributed by atoms with Crippen molar-refractivity contribution >= 4 is 27.5 Å². The minimum atomic E-state index is -3.63. The van der Waals surface area contributed by atoms with Crippen LogP contribution in [0.5, 0.6) is 0 Å². The van der Waals surface area contributed by atoms with E-state index in [4.69, 9.17) is 0 Å². The van der Waals surface area contributed by atoms with Crippen molar-refractivity contribution in [2.45, 2.75) is 24.8 Å². The molecular formula is C24H30N4O4S. The zero-order valence-corrected chi connectivity index (χ0v) is 19.8. The van der Waals surface area contributed by atoms with E-state index in [1.165, 1.54) is 10.4 Å². The highest BCUT2D eigenvalue weighted by atomic mass is 32.2. The molecule has 0 radical (unpaired) electrons. The standard InChI is InChI=1S/C24H30N4O4S/c1-18-6-8-19(9-7-18)16-27-17-20(14-23(27)29)24(30)25-21-4-3-5-22(15-21)33(31,32)28-12-10-26(2)11-13-28/h3-9,15,20H,10-14,16-17H2,1-2H3,(H,25,30). The van der Waals surface area contributed by atoms with E-state index in [1.54, 1.807) is 23.1 Å². The highest BCUT2D eigenvalue weighted by molar-refractivity contribution is 7.89. The molecule has 0 spiro atoms. The number of aryl methyl sites for hydroxylation is 1. The summed E-state index contributed by atoms with van der Waals surface area (Å²) in [4.78, 5) is 29.2. The highest BCUT2D eigenvalue weighted by Crippen LogP contribution is 2.24. The number of likely N-dealkylation sites (tertiary alicyclic amines) is 1. The summed E-state index contributed by atoms with van der Waals surface area (Å²) in [5.41, 5.74) is 2.59. The van der Waals surface area contributed by atoms with Crippen LogP contribution in [0, 0.1) is 12.8 Å². The van der Waals surface area contributed by atoms with Crippen LogP contribution in [-0.4, -0.2) is 74.1 Å². The fraction of sp³-hybridized carbons (Fsp3) is 0.417. The average molecular weight is 471 g/mol. The smallest absolute Gasteiger partial charge is 0.243 e. The minimum absolute atomic E-state index is 0.0536. The Morgan fingerprint density at radius 3 is 2.45 bits per heavy atom. The number of hydrogen-bond acceptors (Lipinski definition) is 5. The number of amides is 2. The maximum atomic E-state index is 13.0. The predicted octanol–water partition coefficient (Wildman–Crippen LogP) is 1.92. The summed E-state index contributed by atoms with van der Waals surface area (Å²) in [6.45, 7) is 5.08. The lowest BCUT2D eigenvalue weighted by Crippen LogP contribution is -2.47. The molecular weight excluding hydrogens is 440 g/mol. The molecule has 4 rings (SSSR count). The number of carbonyl (C=O) groups excluding carboxylic acids is 2. The van der Waals surface area contributed by atoms with Gasteiger partial charge in [0.1, 0.15) is 0 Å². The summed E-state index contributed by atoms with van der Waals surface area (Å²) in [7, 11) is -1.66. The van der Waals surface area contributed by atoms with Crippen molar-refractivity contribution in [2.24, 2.45) is 5.92 Å². The van der Waals surface area contributed by atoms with Gasteiger partial charge in [0.15, 0.2) is 0 Å². The van der Waals surface area contributed by atoms with Gasteiger partial charge >= 0.3 is 0 Å². The zero-order chi connectivity index (χ0) is 23.6. The van der Waals surface area contributed by atoms with Crippen LogP contribution >= 0.6 is 0 Å². The van der Waals surface area contributed by atoms with Gasteiger partial charge in [0, 0.05) is 51.4 Å². The summed E-state index contributed by atoms with van der Waals surface area (Å²) in [6, 6.07) is 14.3. The molecule has 2 aliphatic heterocycles. The van der Waals surface area contributed by atoms with Crippen molar-refractivity contribution in [3.05, 3.63) is 59.7 Å². The van der Waals surface area contributed by atoms with E-state index < -0.39 is 15.9 Å². The van der Waals surface area contributed by atoms with Gasteiger partial charge in [-0.3, -0.25) is 9.59 Å². The number of rotatable bonds is 6. The lowest BCUT2D eigenvalue weighted by atomic mass is 10.1. The number of nitrogens with zero attached hydrogens (tertiary/aromatic N) is 3. The Morgan fingerprint density at radius 1 is 1.06 bits per heavy atom. The molecule has 2 aromatic carbocycles. The number of sulfonamides is 1. The maximum Gasteiger partial charge on any atom is 0.243 e. The Morgan fingerprint density at radius 2 is 1.76 bits per heavy atom. The number of benzene rings is 2. The summed E-state index contributed by atoms with van der Waals surface area (Å²) >= 11 is 0. The molecule has 0 bridgehead atoms. The third kappa shape index (κ3) is 5.43. The molecule has 2 heterocycles. The van der Waals surface area contributed by atoms with Crippen molar-refractivity contribution in [1.29, 1.82) is 0 Å². The zero-order valence-electron chi connectivity index (χ0n) is 19.0. The molecule has 1 atom stereocenters. The van der Waals surface area contributed by atoms with Crippen LogP contribution in [0.3, 0.4) is 0 Å². The highest BCUT2D eigenvalue weighted by Gasteiger charge is 2.34. The van der Waals surface area contributed by atoms with Crippen molar-refractivity contribution < 1.29 is 18.0 Å². The molecule has 2 aromatic rings. The topological polar surface area (TPSA) is 90.0 Å². The Kier molecular flexibility index (Phi) is 6.83. The molecule has 9 heteroatoms. The second kappa shape index (κ2) is 9.62. The molecule has 1 N–H and O–H groups in total. The fourth-order valence-corrected chi connectivity index (χ4v) is 5.64. The van der Waals surface area contributed by atoms with Gasteiger partial charge in [0.2, 0.25) is 21.8 Å². The Hall–Kier alpha value is -2.75. The lowest BCUT2D eigenvalue weighted by Gasteiger charge is -2.31. The summed E-state index contributed by atoms with van der Waals surface area (Å²) in [5.74, 6) is -0.799. The lowest BCUT2D eigenvalue weighted by molar-refractivity contribution is -0.128. The predicted molar refractivity (Wildman–Crippen MR) is 126 cm³/mol. The van der Waals surface area contributed by atoms with Crippen molar-refractivity contribution in [2.75, 3.05) is 45.1 Å². The molecule has 0 aromatic heterocycles. The molecule has 2 saturated heterocycles. The van der Waals surface area contributed by atoms with E-state index in [1.807, 2.05) is 38.2 Å². The van der Waals surface area contributed by atoms with E-state index in [9.17, 15) is 18.0 Å². The molecule has 8 nitrogen and oxygen atoms in total. The second-order valence-electron chi connectivity index (χ2n) is 8.89. The monoisotopic (exact) mass is 470 g/mol. The van der Waals surface area contributed by atoms with Gasteiger partial charge < -0.3 is 15.1 Å². The van der Waals surface area contributed by atoms with E-state index in [2.05, 4.69) is 10.2 Å². The quantitative estimate of drug-likeness (QED) is 0.697.